The number of hydrogen-bond acceptors (Lipinski definition) is 3. The zero-order valence-corrected chi connectivity index (χ0v) is 12.8. The Hall–Kier alpha value is -1.19. The second-order valence-electron chi connectivity index (χ2n) is 5.96. The molecule has 0 fully saturated rings. The number of aryl methyl sites for hydroxylation is 1. The summed E-state index contributed by atoms with van der Waals surface area (Å²) in [5, 5.41) is 13.1. The second kappa shape index (κ2) is 5.43. The van der Waals surface area contributed by atoms with E-state index >= 15 is 0 Å². The van der Waals surface area contributed by atoms with Crippen molar-refractivity contribution >= 4 is 11.3 Å². The van der Waals surface area contributed by atoms with Crippen LogP contribution in [-0.2, 0) is 11.8 Å². The van der Waals surface area contributed by atoms with Gasteiger partial charge < -0.3 is 5.11 Å². The number of benzene rings is 1. The first-order valence-corrected chi connectivity index (χ1v) is 7.44. The molecule has 0 aliphatic rings. The van der Waals surface area contributed by atoms with Crippen LogP contribution in [-0.4, -0.2) is 10.1 Å². The van der Waals surface area contributed by atoms with Crippen molar-refractivity contribution in [3.05, 3.63) is 51.5 Å². The molecule has 0 aliphatic heterocycles. The van der Waals surface area contributed by atoms with E-state index in [4.69, 9.17) is 0 Å². The summed E-state index contributed by atoms with van der Waals surface area (Å²) in [6, 6.07) is 8.49. The van der Waals surface area contributed by atoms with Crippen LogP contribution in [0.25, 0.3) is 0 Å². The highest BCUT2D eigenvalue weighted by Crippen LogP contribution is 2.24. The SMILES string of the molecule is Cc1nc(C(O)Cc2ccc(C(C)(C)C)cc2)cs1. The Labute approximate surface area is 119 Å². The van der Waals surface area contributed by atoms with Crippen LogP contribution in [0.5, 0.6) is 0 Å². The van der Waals surface area contributed by atoms with E-state index in [0.29, 0.717) is 6.42 Å². The first-order chi connectivity index (χ1) is 8.86. The molecular formula is C16H21NOS. The van der Waals surface area contributed by atoms with Crippen LogP contribution in [0.3, 0.4) is 0 Å². The van der Waals surface area contributed by atoms with Gasteiger partial charge in [-0.3, -0.25) is 0 Å². The van der Waals surface area contributed by atoms with Crippen molar-refractivity contribution in [2.75, 3.05) is 0 Å². The molecule has 0 radical (unpaired) electrons. The Kier molecular flexibility index (Phi) is 4.07. The minimum atomic E-state index is -0.509. The van der Waals surface area contributed by atoms with E-state index in [1.54, 1.807) is 11.3 Å². The van der Waals surface area contributed by atoms with E-state index in [9.17, 15) is 5.11 Å². The first-order valence-electron chi connectivity index (χ1n) is 6.56. The quantitative estimate of drug-likeness (QED) is 0.917. The van der Waals surface area contributed by atoms with Gasteiger partial charge in [0, 0.05) is 11.8 Å². The van der Waals surface area contributed by atoms with Gasteiger partial charge in [-0.25, -0.2) is 4.98 Å². The van der Waals surface area contributed by atoms with E-state index < -0.39 is 6.10 Å². The Morgan fingerprint density at radius 3 is 2.32 bits per heavy atom. The number of aliphatic hydroxyl groups excluding tert-OH is 1. The molecule has 3 heteroatoms. The van der Waals surface area contributed by atoms with Crippen LogP contribution in [0.4, 0.5) is 0 Å². The Morgan fingerprint density at radius 1 is 1.21 bits per heavy atom. The molecule has 1 atom stereocenters. The van der Waals surface area contributed by atoms with Crippen LogP contribution in [0.1, 0.15) is 48.7 Å². The summed E-state index contributed by atoms with van der Waals surface area (Å²) >= 11 is 1.58. The molecule has 0 spiro atoms. The van der Waals surface area contributed by atoms with Gasteiger partial charge in [-0.2, -0.15) is 0 Å². The molecule has 2 rings (SSSR count). The first kappa shape index (κ1) is 14.2. The average molecular weight is 275 g/mol. The zero-order valence-electron chi connectivity index (χ0n) is 12.0. The van der Waals surface area contributed by atoms with Gasteiger partial charge in [-0.05, 0) is 23.5 Å². The van der Waals surface area contributed by atoms with Crippen LogP contribution < -0.4 is 0 Å². The van der Waals surface area contributed by atoms with Gasteiger partial charge in [0.2, 0.25) is 0 Å². The molecule has 0 amide bonds. The lowest BCUT2D eigenvalue weighted by Gasteiger charge is -2.19. The smallest absolute Gasteiger partial charge is 0.101 e. The highest BCUT2D eigenvalue weighted by atomic mass is 32.1. The Morgan fingerprint density at radius 2 is 1.84 bits per heavy atom. The molecule has 0 bridgehead atoms. The number of aromatic nitrogens is 1. The molecule has 2 nitrogen and oxygen atoms in total. The summed E-state index contributed by atoms with van der Waals surface area (Å²) in [5.74, 6) is 0. The summed E-state index contributed by atoms with van der Waals surface area (Å²) < 4.78 is 0. The summed E-state index contributed by atoms with van der Waals surface area (Å²) in [5.41, 5.74) is 3.41. The van der Waals surface area contributed by atoms with Crippen molar-refractivity contribution < 1.29 is 5.11 Å². The van der Waals surface area contributed by atoms with Crippen LogP contribution in [0, 0.1) is 6.92 Å². The highest BCUT2D eigenvalue weighted by Gasteiger charge is 2.15. The van der Waals surface area contributed by atoms with E-state index in [0.717, 1.165) is 16.3 Å². The minimum absolute atomic E-state index is 0.170. The van der Waals surface area contributed by atoms with Gasteiger partial charge in [-0.1, -0.05) is 45.0 Å². The number of aliphatic hydroxyl groups is 1. The van der Waals surface area contributed by atoms with E-state index in [1.807, 2.05) is 12.3 Å². The summed E-state index contributed by atoms with van der Waals surface area (Å²) in [4.78, 5) is 4.33. The fraction of sp³-hybridized carbons (Fsp3) is 0.438. The minimum Gasteiger partial charge on any atom is -0.386 e. The second-order valence-corrected chi connectivity index (χ2v) is 7.02. The summed E-state index contributed by atoms with van der Waals surface area (Å²) in [6.07, 6.45) is 0.110. The number of hydrogen-bond donors (Lipinski definition) is 1. The molecule has 1 N–H and O–H groups in total. The van der Waals surface area contributed by atoms with E-state index in [-0.39, 0.29) is 5.41 Å². The van der Waals surface area contributed by atoms with Gasteiger partial charge in [-0.15, -0.1) is 11.3 Å². The summed E-state index contributed by atoms with van der Waals surface area (Å²) in [7, 11) is 0. The van der Waals surface area contributed by atoms with Gasteiger partial charge in [0.1, 0.15) is 6.10 Å². The maximum Gasteiger partial charge on any atom is 0.101 e. The molecule has 19 heavy (non-hydrogen) atoms. The summed E-state index contributed by atoms with van der Waals surface area (Å²) in [6.45, 7) is 8.57. The van der Waals surface area contributed by atoms with E-state index in [2.05, 4.69) is 50.0 Å². The largest absolute Gasteiger partial charge is 0.386 e. The number of rotatable bonds is 3. The maximum atomic E-state index is 10.2. The average Bonchev–Trinajstić information content (AvgIpc) is 2.75. The van der Waals surface area contributed by atoms with Crippen molar-refractivity contribution in [2.24, 2.45) is 0 Å². The van der Waals surface area contributed by atoms with Crippen molar-refractivity contribution in [1.29, 1.82) is 0 Å². The molecule has 1 unspecified atom stereocenters. The van der Waals surface area contributed by atoms with Crippen molar-refractivity contribution in [3.8, 4) is 0 Å². The number of nitrogens with zero attached hydrogens (tertiary/aromatic N) is 1. The van der Waals surface area contributed by atoms with Gasteiger partial charge in [0.05, 0.1) is 10.7 Å². The zero-order chi connectivity index (χ0) is 14.0. The fourth-order valence-electron chi connectivity index (χ4n) is 2.00. The molecule has 1 aromatic heterocycles. The normalized spacial score (nSPS) is 13.5. The van der Waals surface area contributed by atoms with Crippen molar-refractivity contribution in [2.45, 2.75) is 45.6 Å². The lowest BCUT2D eigenvalue weighted by molar-refractivity contribution is 0.174. The molecule has 0 saturated carbocycles. The van der Waals surface area contributed by atoms with Gasteiger partial charge in [0.15, 0.2) is 0 Å². The predicted octanol–water partition coefficient (Wildman–Crippen LogP) is 4.03. The van der Waals surface area contributed by atoms with Crippen LogP contribution in [0.15, 0.2) is 29.6 Å². The highest BCUT2D eigenvalue weighted by molar-refractivity contribution is 7.09. The third-order valence-corrected chi connectivity index (χ3v) is 4.02. The van der Waals surface area contributed by atoms with Gasteiger partial charge >= 0.3 is 0 Å². The molecule has 1 heterocycles. The lowest BCUT2D eigenvalue weighted by Crippen LogP contribution is -2.11. The topological polar surface area (TPSA) is 33.1 Å². The molecule has 1 aromatic carbocycles. The number of thiazole rings is 1. The third-order valence-electron chi connectivity index (χ3n) is 3.23. The third kappa shape index (κ3) is 3.64. The van der Waals surface area contributed by atoms with Crippen molar-refractivity contribution in [3.63, 3.8) is 0 Å². The standard InChI is InChI=1S/C16H21NOS/c1-11-17-14(10-19-11)15(18)9-12-5-7-13(8-6-12)16(2,3)4/h5-8,10,15,18H,9H2,1-4H3. The molecular weight excluding hydrogens is 254 g/mol. The van der Waals surface area contributed by atoms with E-state index in [1.165, 1.54) is 5.56 Å². The maximum absolute atomic E-state index is 10.2. The van der Waals surface area contributed by atoms with Gasteiger partial charge in [0.25, 0.3) is 0 Å². The van der Waals surface area contributed by atoms with Crippen LogP contribution >= 0.6 is 11.3 Å². The Balaban J connectivity index is 2.07. The molecule has 2 aromatic rings. The molecule has 0 aliphatic carbocycles. The lowest BCUT2D eigenvalue weighted by atomic mass is 9.86. The van der Waals surface area contributed by atoms with Crippen molar-refractivity contribution in [1.82, 2.24) is 4.98 Å². The van der Waals surface area contributed by atoms with Crippen LogP contribution in [0.2, 0.25) is 0 Å². The molecule has 102 valence electrons. The monoisotopic (exact) mass is 275 g/mol. The Bertz CT molecular complexity index is 537. The predicted molar refractivity (Wildman–Crippen MR) is 80.7 cm³/mol. The fourth-order valence-corrected chi connectivity index (χ4v) is 2.66. The molecule has 0 saturated heterocycles.